The molecule has 1 aliphatic heterocycles. The van der Waals surface area contributed by atoms with E-state index < -0.39 is 0 Å². The van der Waals surface area contributed by atoms with Crippen molar-refractivity contribution >= 4 is 22.8 Å². The van der Waals surface area contributed by atoms with Crippen molar-refractivity contribution in [3.05, 3.63) is 35.4 Å². The molecular formula is C16H20ClNO2. The summed E-state index contributed by atoms with van der Waals surface area (Å²) in [6, 6.07) is 7.81. The van der Waals surface area contributed by atoms with Gasteiger partial charge in [0.15, 0.2) is 0 Å². The van der Waals surface area contributed by atoms with Crippen LogP contribution in [-0.2, 0) is 16.0 Å². The van der Waals surface area contributed by atoms with Crippen LogP contribution in [0.2, 0.25) is 0 Å². The van der Waals surface area contributed by atoms with Crippen LogP contribution in [0.4, 0.5) is 0 Å². The highest BCUT2D eigenvalue weighted by Crippen LogP contribution is 2.33. The summed E-state index contributed by atoms with van der Waals surface area (Å²) in [5.41, 5.74) is 2.28. The van der Waals surface area contributed by atoms with Crippen LogP contribution in [0, 0.1) is 0 Å². The standard InChI is InChI=1S/C16H20ClNO2/c1-2-3-8-16(20)18-10-9-12-6-4-5-7-13(12)14(18)11-15(17)19/h4-7,14H,2-3,8-11H2,1H3. The van der Waals surface area contributed by atoms with Gasteiger partial charge in [-0.2, -0.15) is 0 Å². The number of unbranched alkanes of at least 4 members (excludes halogenated alkanes) is 1. The Labute approximate surface area is 124 Å². The zero-order valence-electron chi connectivity index (χ0n) is 11.8. The van der Waals surface area contributed by atoms with E-state index in [0.717, 1.165) is 24.8 Å². The van der Waals surface area contributed by atoms with Gasteiger partial charge in [-0.15, -0.1) is 0 Å². The lowest BCUT2D eigenvalue weighted by atomic mass is 9.90. The quantitative estimate of drug-likeness (QED) is 0.780. The van der Waals surface area contributed by atoms with E-state index in [1.807, 2.05) is 23.1 Å². The molecule has 0 spiro atoms. The van der Waals surface area contributed by atoms with E-state index >= 15 is 0 Å². The molecule has 0 saturated heterocycles. The summed E-state index contributed by atoms with van der Waals surface area (Å²) in [4.78, 5) is 25.5. The molecule has 1 unspecified atom stereocenters. The second-order valence-corrected chi connectivity index (χ2v) is 5.64. The van der Waals surface area contributed by atoms with E-state index in [4.69, 9.17) is 11.6 Å². The van der Waals surface area contributed by atoms with Gasteiger partial charge in [-0.1, -0.05) is 37.6 Å². The molecule has 1 aliphatic rings. The zero-order chi connectivity index (χ0) is 14.5. The van der Waals surface area contributed by atoms with Crippen LogP contribution >= 0.6 is 11.6 Å². The molecule has 2 rings (SSSR count). The smallest absolute Gasteiger partial charge is 0.224 e. The molecule has 0 radical (unpaired) electrons. The Morgan fingerprint density at radius 2 is 2.10 bits per heavy atom. The number of halogens is 1. The first-order valence-electron chi connectivity index (χ1n) is 7.19. The second-order valence-electron chi connectivity index (χ2n) is 5.21. The molecule has 0 saturated carbocycles. The highest BCUT2D eigenvalue weighted by Gasteiger charge is 2.31. The van der Waals surface area contributed by atoms with Crippen LogP contribution in [0.5, 0.6) is 0 Å². The molecule has 0 aromatic heterocycles. The Morgan fingerprint density at radius 3 is 2.80 bits per heavy atom. The maximum Gasteiger partial charge on any atom is 0.224 e. The summed E-state index contributed by atoms with van der Waals surface area (Å²) in [6.07, 6.45) is 3.47. The van der Waals surface area contributed by atoms with Gasteiger partial charge in [0.2, 0.25) is 11.1 Å². The first-order chi connectivity index (χ1) is 9.63. The van der Waals surface area contributed by atoms with Crippen molar-refractivity contribution in [2.24, 2.45) is 0 Å². The number of hydrogen-bond acceptors (Lipinski definition) is 2. The van der Waals surface area contributed by atoms with Crippen LogP contribution in [-0.4, -0.2) is 22.6 Å². The molecule has 0 N–H and O–H groups in total. The number of carbonyl (C=O) groups excluding carboxylic acids is 2. The Bertz CT molecular complexity index is 501. The van der Waals surface area contributed by atoms with Crippen LogP contribution in [0.15, 0.2) is 24.3 Å². The predicted octanol–water partition coefficient (Wildman–Crippen LogP) is 3.46. The highest BCUT2D eigenvalue weighted by molar-refractivity contribution is 6.63. The van der Waals surface area contributed by atoms with Gasteiger partial charge >= 0.3 is 0 Å². The maximum absolute atomic E-state index is 12.3. The maximum atomic E-state index is 12.3. The van der Waals surface area contributed by atoms with Crippen molar-refractivity contribution in [3.63, 3.8) is 0 Å². The zero-order valence-corrected chi connectivity index (χ0v) is 12.5. The Hall–Kier alpha value is -1.35. The number of hydrogen-bond donors (Lipinski definition) is 0. The number of benzene rings is 1. The van der Waals surface area contributed by atoms with Gasteiger partial charge in [0.05, 0.1) is 6.04 Å². The Balaban J connectivity index is 2.24. The van der Waals surface area contributed by atoms with E-state index in [0.29, 0.717) is 13.0 Å². The monoisotopic (exact) mass is 293 g/mol. The number of nitrogens with zero attached hydrogens (tertiary/aromatic N) is 1. The third-order valence-electron chi connectivity index (χ3n) is 3.83. The van der Waals surface area contributed by atoms with E-state index in [2.05, 4.69) is 13.0 Å². The van der Waals surface area contributed by atoms with E-state index in [-0.39, 0.29) is 23.6 Å². The number of carbonyl (C=O) groups is 2. The molecule has 0 bridgehead atoms. The van der Waals surface area contributed by atoms with E-state index in [9.17, 15) is 9.59 Å². The molecule has 1 amide bonds. The van der Waals surface area contributed by atoms with Crippen molar-refractivity contribution in [2.75, 3.05) is 6.54 Å². The third-order valence-corrected chi connectivity index (χ3v) is 3.99. The van der Waals surface area contributed by atoms with Crippen molar-refractivity contribution < 1.29 is 9.59 Å². The van der Waals surface area contributed by atoms with Gasteiger partial charge in [-0.25, -0.2) is 0 Å². The number of rotatable bonds is 5. The lowest BCUT2D eigenvalue weighted by Gasteiger charge is -2.37. The fourth-order valence-corrected chi connectivity index (χ4v) is 2.94. The normalized spacial score (nSPS) is 17.7. The minimum absolute atomic E-state index is 0.129. The molecule has 1 aromatic rings. The van der Waals surface area contributed by atoms with Crippen LogP contribution in [0.25, 0.3) is 0 Å². The average Bonchev–Trinajstić information content (AvgIpc) is 2.44. The number of amides is 1. The molecule has 1 aromatic carbocycles. The molecule has 0 aliphatic carbocycles. The van der Waals surface area contributed by atoms with Crippen LogP contribution < -0.4 is 0 Å². The van der Waals surface area contributed by atoms with Gasteiger partial charge < -0.3 is 4.90 Å². The van der Waals surface area contributed by atoms with Gasteiger partial charge in [-0.3, -0.25) is 9.59 Å². The first-order valence-corrected chi connectivity index (χ1v) is 7.57. The summed E-state index contributed by atoms with van der Waals surface area (Å²) >= 11 is 5.58. The van der Waals surface area contributed by atoms with E-state index in [1.54, 1.807) is 0 Å². The van der Waals surface area contributed by atoms with Gasteiger partial charge in [0, 0.05) is 19.4 Å². The molecule has 0 fully saturated rings. The van der Waals surface area contributed by atoms with E-state index in [1.165, 1.54) is 5.56 Å². The third kappa shape index (κ3) is 3.40. The van der Waals surface area contributed by atoms with Gasteiger partial charge in [-0.05, 0) is 35.6 Å². The minimum Gasteiger partial charge on any atom is -0.335 e. The molecule has 3 nitrogen and oxygen atoms in total. The minimum atomic E-state index is -0.389. The summed E-state index contributed by atoms with van der Waals surface area (Å²) in [7, 11) is 0. The van der Waals surface area contributed by atoms with Gasteiger partial charge in [0.1, 0.15) is 0 Å². The average molecular weight is 294 g/mol. The van der Waals surface area contributed by atoms with Crippen molar-refractivity contribution in [1.82, 2.24) is 4.90 Å². The summed E-state index contributed by atoms with van der Waals surface area (Å²) in [6.45, 7) is 2.74. The molecule has 108 valence electrons. The Morgan fingerprint density at radius 1 is 1.35 bits per heavy atom. The summed E-state index contributed by atoms with van der Waals surface area (Å²) < 4.78 is 0. The lowest BCUT2D eigenvalue weighted by molar-refractivity contribution is -0.134. The van der Waals surface area contributed by atoms with Crippen molar-refractivity contribution in [2.45, 2.75) is 45.1 Å². The fraction of sp³-hybridized carbons (Fsp3) is 0.500. The topological polar surface area (TPSA) is 37.4 Å². The lowest BCUT2D eigenvalue weighted by Crippen LogP contribution is -2.40. The highest BCUT2D eigenvalue weighted by atomic mass is 35.5. The number of fused-ring (bicyclic) bond motifs is 1. The van der Waals surface area contributed by atoms with Crippen LogP contribution in [0.3, 0.4) is 0 Å². The summed E-state index contributed by atoms with van der Waals surface area (Å²) in [5.74, 6) is 0.129. The Kier molecular flexibility index (Phi) is 5.18. The van der Waals surface area contributed by atoms with Crippen LogP contribution in [0.1, 0.15) is 49.8 Å². The van der Waals surface area contributed by atoms with Crippen molar-refractivity contribution in [3.8, 4) is 0 Å². The molecular weight excluding hydrogens is 274 g/mol. The molecule has 1 atom stereocenters. The largest absolute Gasteiger partial charge is 0.335 e. The molecule has 20 heavy (non-hydrogen) atoms. The summed E-state index contributed by atoms with van der Waals surface area (Å²) in [5, 5.41) is -0.389. The molecule has 1 heterocycles. The second kappa shape index (κ2) is 6.89. The first kappa shape index (κ1) is 15.0. The predicted molar refractivity (Wildman–Crippen MR) is 79.6 cm³/mol. The SMILES string of the molecule is CCCCC(=O)N1CCc2ccccc2C1CC(=O)Cl. The van der Waals surface area contributed by atoms with Gasteiger partial charge in [0.25, 0.3) is 0 Å². The fourth-order valence-electron chi connectivity index (χ4n) is 2.79. The molecule has 4 heteroatoms. The van der Waals surface area contributed by atoms with Crippen molar-refractivity contribution in [1.29, 1.82) is 0 Å².